The zero-order valence-corrected chi connectivity index (χ0v) is 14.1. The molecule has 5 heteroatoms. The van der Waals surface area contributed by atoms with Gasteiger partial charge >= 0.3 is 0 Å². The van der Waals surface area contributed by atoms with Gasteiger partial charge in [0.1, 0.15) is 28.9 Å². The minimum absolute atomic E-state index is 0.0642. The molecule has 5 nitrogen and oxygen atoms in total. The van der Waals surface area contributed by atoms with Gasteiger partial charge in [-0.25, -0.2) is 0 Å². The molecule has 0 aliphatic carbocycles. The van der Waals surface area contributed by atoms with Gasteiger partial charge in [0.15, 0.2) is 0 Å². The lowest BCUT2D eigenvalue weighted by Crippen LogP contribution is -2.31. The van der Waals surface area contributed by atoms with Crippen LogP contribution in [0.3, 0.4) is 0 Å². The number of rotatable bonds is 6. The second-order valence-electron chi connectivity index (χ2n) is 5.08. The number of ether oxygens (including phenoxy) is 1. The van der Waals surface area contributed by atoms with Gasteiger partial charge in [0.05, 0.1) is 7.11 Å². The summed E-state index contributed by atoms with van der Waals surface area (Å²) < 4.78 is 10.9. The van der Waals surface area contributed by atoms with Gasteiger partial charge in [-0.2, -0.15) is 5.26 Å². The van der Waals surface area contributed by atoms with Crippen molar-refractivity contribution < 1.29 is 13.9 Å². The molecule has 0 radical (unpaired) electrons. The molecule has 2 rings (SSSR count). The Morgan fingerprint density at radius 2 is 1.88 bits per heavy atom. The number of hydrogen-bond acceptors (Lipinski definition) is 4. The Hall–Kier alpha value is -3.00. The molecule has 1 heterocycles. The molecule has 2 aromatic rings. The molecule has 0 bridgehead atoms. The second kappa shape index (κ2) is 8.02. The number of carbonyl (C=O) groups excluding carboxylic acids is 1. The maximum Gasteiger partial charge on any atom is 0.264 e. The van der Waals surface area contributed by atoms with E-state index in [0.717, 1.165) is 11.3 Å². The number of amides is 1. The first-order chi connectivity index (χ1) is 11.6. The first kappa shape index (κ1) is 17.4. The average molecular weight is 324 g/mol. The van der Waals surface area contributed by atoms with Crippen molar-refractivity contribution in [3.63, 3.8) is 0 Å². The van der Waals surface area contributed by atoms with Crippen LogP contribution < -0.4 is 4.74 Å². The Morgan fingerprint density at radius 3 is 2.42 bits per heavy atom. The minimum Gasteiger partial charge on any atom is -0.497 e. The Balaban J connectivity index is 2.25. The number of benzene rings is 1. The summed E-state index contributed by atoms with van der Waals surface area (Å²) in [6.07, 6.45) is 1.48. The van der Waals surface area contributed by atoms with E-state index < -0.39 is 0 Å². The monoisotopic (exact) mass is 324 g/mol. The molecule has 1 aromatic heterocycles. The predicted octanol–water partition coefficient (Wildman–Crippen LogP) is 3.73. The molecule has 0 saturated carbocycles. The van der Waals surface area contributed by atoms with Crippen molar-refractivity contribution in [1.82, 2.24) is 4.90 Å². The van der Waals surface area contributed by atoms with Gasteiger partial charge in [-0.3, -0.25) is 4.79 Å². The van der Waals surface area contributed by atoms with Crippen molar-refractivity contribution in [2.75, 3.05) is 20.2 Å². The summed E-state index contributed by atoms with van der Waals surface area (Å²) in [5.74, 6) is 1.61. The summed E-state index contributed by atoms with van der Waals surface area (Å²) >= 11 is 0. The Labute approximate surface area is 141 Å². The third-order valence-corrected chi connectivity index (χ3v) is 3.69. The van der Waals surface area contributed by atoms with Gasteiger partial charge in [-0.05, 0) is 50.2 Å². The SMILES string of the molecule is CCN(CC)C(=O)/C(C#N)=C/c1ccc(-c2ccc(OC)cc2)o1. The standard InChI is InChI=1S/C19H20N2O3/c1-4-21(5-2)19(22)15(13-20)12-17-10-11-18(24-17)14-6-8-16(23-3)9-7-14/h6-12H,4-5H2,1-3H3/b15-12+. The molecular weight excluding hydrogens is 304 g/mol. The normalized spacial score (nSPS) is 11.0. The summed E-state index contributed by atoms with van der Waals surface area (Å²) in [6, 6.07) is 13.0. The van der Waals surface area contributed by atoms with Gasteiger partial charge < -0.3 is 14.1 Å². The lowest BCUT2D eigenvalue weighted by atomic mass is 10.2. The number of carbonyl (C=O) groups is 1. The van der Waals surface area contributed by atoms with Crippen molar-refractivity contribution in [2.24, 2.45) is 0 Å². The first-order valence-electron chi connectivity index (χ1n) is 7.78. The van der Waals surface area contributed by atoms with Crippen molar-refractivity contribution >= 4 is 12.0 Å². The third-order valence-electron chi connectivity index (χ3n) is 3.69. The topological polar surface area (TPSA) is 66.5 Å². The van der Waals surface area contributed by atoms with E-state index in [1.54, 1.807) is 18.1 Å². The van der Waals surface area contributed by atoms with E-state index in [4.69, 9.17) is 9.15 Å². The molecule has 1 aromatic carbocycles. The molecule has 0 spiro atoms. The van der Waals surface area contributed by atoms with Crippen molar-refractivity contribution in [1.29, 1.82) is 5.26 Å². The van der Waals surface area contributed by atoms with Crippen molar-refractivity contribution in [2.45, 2.75) is 13.8 Å². The van der Waals surface area contributed by atoms with E-state index in [-0.39, 0.29) is 11.5 Å². The number of likely N-dealkylation sites (N-methyl/N-ethyl adjacent to an activating group) is 1. The third kappa shape index (κ3) is 3.85. The van der Waals surface area contributed by atoms with Crippen LogP contribution in [0.4, 0.5) is 0 Å². The average Bonchev–Trinajstić information content (AvgIpc) is 3.09. The Morgan fingerprint density at radius 1 is 1.21 bits per heavy atom. The number of methoxy groups -OCH3 is 1. The lowest BCUT2D eigenvalue weighted by molar-refractivity contribution is -0.126. The number of nitriles is 1. The highest BCUT2D eigenvalue weighted by molar-refractivity contribution is 6.01. The highest BCUT2D eigenvalue weighted by Gasteiger charge is 2.16. The molecule has 0 saturated heterocycles. The fourth-order valence-corrected chi connectivity index (χ4v) is 2.31. The number of hydrogen-bond donors (Lipinski definition) is 0. The molecule has 0 atom stereocenters. The summed E-state index contributed by atoms with van der Waals surface area (Å²) in [5.41, 5.74) is 0.957. The molecule has 124 valence electrons. The summed E-state index contributed by atoms with van der Waals surface area (Å²) in [7, 11) is 1.61. The molecular formula is C19H20N2O3. The maximum absolute atomic E-state index is 12.3. The zero-order chi connectivity index (χ0) is 17.5. The fourth-order valence-electron chi connectivity index (χ4n) is 2.31. The van der Waals surface area contributed by atoms with Crippen molar-refractivity contribution in [3.05, 3.63) is 47.7 Å². The smallest absolute Gasteiger partial charge is 0.264 e. The molecule has 0 aliphatic rings. The van der Waals surface area contributed by atoms with Crippen LogP contribution in [0.1, 0.15) is 19.6 Å². The molecule has 0 aliphatic heterocycles. The van der Waals surface area contributed by atoms with Gasteiger partial charge in [0, 0.05) is 24.7 Å². The van der Waals surface area contributed by atoms with Crippen LogP contribution >= 0.6 is 0 Å². The van der Waals surface area contributed by atoms with Crippen LogP contribution in [0.5, 0.6) is 5.75 Å². The lowest BCUT2D eigenvalue weighted by Gasteiger charge is -2.17. The summed E-state index contributed by atoms with van der Waals surface area (Å²) in [6.45, 7) is 4.88. The summed E-state index contributed by atoms with van der Waals surface area (Å²) in [4.78, 5) is 13.9. The minimum atomic E-state index is -0.287. The van der Waals surface area contributed by atoms with Crippen LogP contribution in [0.15, 0.2) is 46.4 Å². The van der Waals surface area contributed by atoms with Gasteiger partial charge in [0.25, 0.3) is 5.91 Å². The first-order valence-corrected chi connectivity index (χ1v) is 7.78. The Kier molecular flexibility index (Phi) is 5.80. The second-order valence-corrected chi connectivity index (χ2v) is 5.08. The molecule has 0 fully saturated rings. The molecule has 24 heavy (non-hydrogen) atoms. The van der Waals surface area contributed by atoms with E-state index in [2.05, 4.69) is 0 Å². The quantitative estimate of drug-likeness (QED) is 0.600. The van der Waals surface area contributed by atoms with Gasteiger partial charge in [-0.1, -0.05) is 0 Å². The van der Waals surface area contributed by atoms with Crippen LogP contribution in [-0.4, -0.2) is 31.0 Å². The van der Waals surface area contributed by atoms with E-state index in [9.17, 15) is 10.1 Å². The van der Waals surface area contributed by atoms with E-state index >= 15 is 0 Å². The van der Waals surface area contributed by atoms with Gasteiger partial charge in [-0.15, -0.1) is 0 Å². The van der Waals surface area contributed by atoms with Crippen LogP contribution in [0.2, 0.25) is 0 Å². The maximum atomic E-state index is 12.3. The highest BCUT2D eigenvalue weighted by atomic mass is 16.5. The number of nitrogens with zero attached hydrogens (tertiary/aromatic N) is 2. The number of furan rings is 1. The zero-order valence-electron chi connectivity index (χ0n) is 14.1. The van der Waals surface area contributed by atoms with E-state index in [1.165, 1.54) is 6.08 Å². The van der Waals surface area contributed by atoms with Crippen LogP contribution in [-0.2, 0) is 4.79 Å². The molecule has 0 unspecified atom stereocenters. The predicted molar refractivity (Wildman–Crippen MR) is 92.2 cm³/mol. The fraction of sp³-hybridized carbons (Fsp3) is 0.263. The van der Waals surface area contributed by atoms with Crippen molar-refractivity contribution in [3.8, 4) is 23.1 Å². The van der Waals surface area contributed by atoms with Crippen LogP contribution in [0.25, 0.3) is 17.4 Å². The molecule has 1 amide bonds. The van der Waals surface area contributed by atoms with Crippen LogP contribution in [0, 0.1) is 11.3 Å². The summed E-state index contributed by atoms with van der Waals surface area (Å²) in [5, 5.41) is 9.26. The van der Waals surface area contributed by atoms with E-state index in [0.29, 0.717) is 24.6 Å². The van der Waals surface area contributed by atoms with E-state index in [1.807, 2.05) is 50.2 Å². The van der Waals surface area contributed by atoms with Gasteiger partial charge in [0.2, 0.25) is 0 Å². The Bertz CT molecular complexity index is 763. The highest BCUT2D eigenvalue weighted by Crippen LogP contribution is 2.25. The molecule has 0 N–H and O–H groups in total. The largest absolute Gasteiger partial charge is 0.497 e.